The van der Waals surface area contributed by atoms with Gasteiger partial charge in [0.25, 0.3) is 5.91 Å². The van der Waals surface area contributed by atoms with Crippen molar-refractivity contribution in [2.45, 2.75) is 12.6 Å². The highest BCUT2D eigenvalue weighted by Crippen LogP contribution is 2.21. The molecule has 2 aromatic carbocycles. The number of ether oxygens (including phenoxy) is 1. The van der Waals surface area contributed by atoms with E-state index in [1.54, 1.807) is 7.11 Å². The van der Waals surface area contributed by atoms with Crippen LogP contribution in [0.3, 0.4) is 0 Å². The Morgan fingerprint density at radius 3 is 2.44 bits per heavy atom. The van der Waals surface area contributed by atoms with Crippen LogP contribution in [0.4, 0.5) is 0 Å². The minimum Gasteiger partial charge on any atom is -0.497 e. The van der Waals surface area contributed by atoms with Gasteiger partial charge in [-0.05, 0) is 43.9 Å². The Hall–Kier alpha value is -2.37. The topological polar surface area (TPSA) is 44.8 Å². The lowest BCUT2D eigenvalue weighted by Crippen LogP contribution is -2.43. The summed E-state index contributed by atoms with van der Waals surface area (Å²) in [6.45, 7) is 3.73. The number of benzene rings is 2. The molecule has 2 atom stereocenters. The second-order valence-corrected chi connectivity index (χ2v) is 7.51. The molecule has 1 fully saturated rings. The second kappa shape index (κ2) is 9.02. The van der Waals surface area contributed by atoms with Crippen molar-refractivity contribution in [2.75, 3.05) is 40.8 Å². The summed E-state index contributed by atoms with van der Waals surface area (Å²) in [6, 6.07) is 17.9. The molecule has 0 bridgehead atoms. The fourth-order valence-electron chi connectivity index (χ4n) is 3.74. The van der Waals surface area contributed by atoms with E-state index in [1.807, 2.05) is 30.3 Å². The highest BCUT2D eigenvalue weighted by molar-refractivity contribution is 5.94. The first-order chi connectivity index (χ1) is 13.0. The van der Waals surface area contributed by atoms with E-state index >= 15 is 0 Å². The summed E-state index contributed by atoms with van der Waals surface area (Å²) >= 11 is 0. The molecule has 1 aliphatic rings. The molecule has 1 amide bonds. The van der Waals surface area contributed by atoms with Gasteiger partial charge in [-0.3, -0.25) is 9.69 Å². The van der Waals surface area contributed by atoms with Gasteiger partial charge in [0.2, 0.25) is 0 Å². The highest BCUT2D eigenvalue weighted by Gasteiger charge is 2.34. The van der Waals surface area contributed by atoms with E-state index in [9.17, 15) is 4.79 Å². The molecule has 1 saturated heterocycles. The molecular weight excluding hydrogens is 338 g/mol. The Labute approximate surface area is 161 Å². The first-order valence-electron chi connectivity index (χ1n) is 9.41. The molecule has 1 heterocycles. The van der Waals surface area contributed by atoms with Crippen LogP contribution < -0.4 is 10.1 Å². The molecule has 1 N–H and O–H groups in total. The number of rotatable bonds is 7. The molecule has 2 aromatic rings. The van der Waals surface area contributed by atoms with E-state index in [0.717, 1.165) is 31.9 Å². The van der Waals surface area contributed by atoms with Gasteiger partial charge in [-0.1, -0.05) is 30.3 Å². The van der Waals surface area contributed by atoms with Crippen LogP contribution in [0.1, 0.15) is 15.9 Å². The van der Waals surface area contributed by atoms with E-state index in [4.69, 9.17) is 4.74 Å². The predicted octanol–water partition coefficient (Wildman–Crippen LogP) is 2.49. The molecule has 27 heavy (non-hydrogen) atoms. The summed E-state index contributed by atoms with van der Waals surface area (Å²) in [5, 5.41) is 3.26. The number of hydrogen-bond donors (Lipinski definition) is 1. The summed E-state index contributed by atoms with van der Waals surface area (Å²) < 4.78 is 5.17. The Balaban J connectivity index is 1.65. The van der Waals surface area contributed by atoms with Gasteiger partial charge in [-0.15, -0.1) is 0 Å². The van der Waals surface area contributed by atoms with Gasteiger partial charge in [-0.25, -0.2) is 0 Å². The highest BCUT2D eigenvalue weighted by atomic mass is 16.5. The molecular formula is C22H29N3O2. The third-order valence-electron chi connectivity index (χ3n) is 5.03. The Bertz CT molecular complexity index is 731. The third kappa shape index (κ3) is 5.31. The van der Waals surface area contributed by atoms with E-state index in [0.29, 0.717) is 11.5 Å². The second-order valence-electron chi connectivity index (χ2n) is 7.51. The van der Waals surface area contributed by atoms with Crippen molar-refractivity contribution >= 4 is 5.91 Å². The summed E-state index contributed by atoms with van der Waals surface area (Å²) in [6.07, 6.45) is 0. The summed E-state index contributed by atoms with van der Waals surface area (Å²) in [5.41, 5.74) is 1.98. The molecule has 5 nitrogen and oxygen atoms in total. The zero-order valence-corrected chi connectivity index (χ0v) is 16.4. The Kier molecular flexibility index (Phi) is 6.48. The van der Waals surface area contributed by atoms with E-state index in [2.05, 4.69) is 53.5 Å². The fraction of sp³-hybridized carbons (Fsp3) is 0.409. The van der Waals surface area contributed by atoms with Crippen molar-refractivity contribution < 1.29 is 9.53 Å². The van der Waals surface area contributed by atoms with Gasteiger partial charge in [0.1, 0.15) is 5.75 Å². The number of hydrogen-bond acceptors (Lipinski definition) is 4. The van der Waals surface area contributed by atoms with Crippen LogP contribution in [0.15, 0.2) is 54.6 Å². The number of carbonyl (C=O) groups is 1. The maximum absolute atomic E-state index is 12.7. The van der Waals surface area contributed by atoms with Crippen LogP contribution in [0, 0.1) is 5.92 Å². The van der Waals surface area contributed by atoms with Gasteiger partial charge >= 0.3 is 0 Å². The van der Waals surface area contributed by atoms with Crippen molar-refractivity contribution in [1.29, 1.82) is 0 Å². The lowest BCUT2D eigenvalue weighted by atomic mass is 10.0. The zero-order chi connectivity index (χ0) is 19.2. The molecule has 144 valence electrons. The lowest BCUT2D eigenvalue weighted by molar-refractivity contribution is 0.0926. The van der Waals surface area contributed by atoms with Crippen LogP contribution in [-0.2, 0) is 6.54 Å². The smallest absolute Gasteiger partial charge is 0.251 e. The van der Waals surface area contributed by atoms with E-state index in [-0.39, 0.29) is 11.9 Å². The molecule has 0 spiro atoms. The van der Waals surface area contributed by atoms with Crippen LogP contribution in [0.2, 0.25) is 0 Å². The van der Waals surface area contributed by atoms with Crippen LogP contribution in [0.25, 0.3) is 0 Å². The Morgan fingerprint density at radius 1 is 1.11 bits per heavy atom. The minimum absolute atomic E-state index is 0.0204. The van der Waals surface area contributed by atoms with Crippen molar-refractivity contribution in [3.05, 3.63) is 65.7 Å². The number of methoxy groups -OCH3 is 1. The normalized spacial score (nSPS) is 20.0. The van der Waals surface area contributed by atoms with Gasteiger partial charge in [0.15, 0.2) is 0 Å². The van der Waals surface area contributed by atoms with Crippen molar-refractivity contribution in [1.82, 2.24) is 15.1 Å². The van der Waals surface area contributed by atoms with Gasteiger partial charge in [0, 0.05) is 43.7 Å². The lowest BCUT2D eigenvalue weighted by Gasteiger charge is -2.23. The minimum atomic E-state index is -0.0204. The standard InChI is InChI=1S/C22H29N3O2/c1-24(2)14-19-15-25(13-17-7-5-4-6-8-17)16-21(19)23-22(26)18-9-11-20(27-3)12-10-18/h4-12,19,21H,13-16H2,1-3H3,(H,23,26). The number of likely N-dealkylation sites (tertiary alicyclic amines) is 1. The summed E-state index contributed by atoms with van der Waals surface area (Å²) in [7, 11) is 5.80. The molecule has 2 unspecified atom stereocenters. The Morgan fingerprint density at radius 2 is 1.81 bits per heavy atom. The van der Waals surface area contributed by atoms with Crippen LogP contribution in [-0.4, -0.2) is 62.6 Å². The molecule has 0 aliphatic carbocycles. The summed E-state index contributed by atoms with van der Waals surface area (Å²) in [4.78, 5) is 17.3. The molecule has 5 heteroatoms. The van der Waals surface area contributed by atoms with Crippen LogP contribution in [0.5, 0.6) is 5.75 Å². The van der Waals surface area contributed by atoms with Gasteiger partial charge in [0.05, 0.1) is 7.11 Å². The number of carbonyl (C=O) groups excluding carboxylic acids is 1. The first-order valence-corrected chi connectivity index (χ1v) is 9.41. The van der Waals surface area contributed by atoms with Crippen molar-refractivity contribution in [2.24, 2.45) is 5.92 Å². The average Bonchev–Trinajstić information content (AvgIpc) is 3.02. The third-order valence-corrected chi connectivity index (χ3v) is 5.03. The monoisotopic (exact) mass is 367 g/mol. The van der Waals surface area contributed by atoms with Gasteiger partial charge < -0.3 is 15.0 Å². The molecule has 0 saturated carbocycles. The number of amides is 1. The molecule has 1 aliphatic heterocycles. The van der Waals surface area contributed by atoms with Gasteiger partial charge in [-0.2, -0.15) is 0 Å². The SMILES string of the molecule is COc1ccc(C(=O)NC2CN(Cc3ccccc3)CC2CN(C)C)cc1. The zero-order valence-electron chi connectivity index (χ0n) is 16.4. The largest absolute Gasteiger partial charge is 0.497 e. The average molecular weight is 367 g/mol. The summed E-state index contributed by atoms with van der Waals surface area (Å²) in [5.74, 6) is 1.14. The maximum Gasteiger partial charge on any atom is 0.251 e. The fourth-order valence-corrected chi connectivity index (χ4v) is 3.74. The van der Waals surface area contributed by atoms with Crippen molar-refractivity contribution in [3.63, 3.8) is 0 Å². The maximum atomic E-state index is 12.7. The molecule has 0 radical (unpaired) electrons. The van der Waals surface area contributed by atoms with E-state index in [1.165, 1.54) is 5.56 Å². The number of nitrogens with zero attached hydrogens (tertiary/aromatic N) is 2. The quantitative estimate of drug-likeness (QED) is 0.817. The first kappa shape index (κ1) is 19.4. The van der Waals surface area contributed by atoms with Crippen molar-refractivity contribution in [3.8, 4) is 5.75 Å². The van der Waals surface area contributed by atoms with E-state index < -0.39 is 0 Å². The predicted molar refractivity (Wildman–Crippen MR) is 108 cm³/mol. The number of nitrogens with one attached hydrogen (secondary N) is 1. The molecule has 3 rings (SSSR count). The molecule has 0 aromatic heterocycles. The van der Waals surface area contributed by atoms with Crippen LogP contribution >= 0.6 is 0 Å².